The number of halogens is 1. The van der Waals surface area contributed by atoms with Gasteiger partial charge in [-0.2, -0.15) is 5.26 Å². The Labute approximate surface area is 114 Å². The van der Waals surface area contributed by atoms with E-state index in [-0.39, 0.29) is 16.9 Å². The van der Waals surface area contributed by atoms with Crippen molar-refractivity contribution in [3.05, 3.63) is 17.0 Å². The molecule has 2 N–H and O–H groups in total. The van der Waals surface area contributed by atoms with E-state index in [1.807, 2.05) is 6.07 Å². The third-order valence-electron chi connectivity index (χ3n) is 2.88. The van der Waals surface area contributed by atoms with E-state index in [2.05, 4.69) is 15.3 Å². The van der Waals surface area contributed by atoms with E-state index < -0.39 is 6.09 Å². The lowest BCUT2D eigenvalue weighted by Gasteiger charge is -2.31. The molecule has 1 aliphatic rings. The highest BCUT2D eigenvalue weighted by atomic mass is 35.5. The molecule has 0 radical (unpaired) electrons. The maximum atomic E-state index is 10.9. The van der Waals surface area contributed by atoms with Crippen molar-refractivity contribution in [2.75, 3.05) is 18.4 Å². The lowest BCUT2D eigenvalue weighted by molar-refractivity contribution is 0.133. The van der Waals surface area contributed by atoms with E-state index in [4.69, 9.17) is 22.0 Å². The van der Waals surface area contributed by atoms with Crippen LogP contribution in [0.25, 0.3) is 0 Å². The maximum Gasteiger partial charge on any atom is 0.407 e. The van der Waals surface area contributed by atoms with Gasteiger partial charge in [-0.25, -0.2) is 14.8 Å². The second-order valence-electron chi connectivity index (χ2n) is 4.22. The fraction of sp³-hybridized carbons (Fsp3) is 0.455. The third-order valence-corrected chi connectivity index (χ3v) is 3.14. The lowest BCUT2D eigenvalue weighted by atomic mass is 10.1. The average Bonchev–Trinajstić information content (AvgIpc) is 2.39. The van der Waals surface area contributed by atoms with E-state index in [1.54, 1.807) is 0 Å². The molecule has 0 aliphatic carbocycles. The molecule has 1 fully saturated rings. The van der Waals surface area contributed by atoms with Gasteiger partial charge in [0.25, 0.3) is 0 Å². The van der Waals surface area contributed by atoms with Crippen LogP contribution in [0.1, 0.15) is 18.5 Å². The average molecular weight is 282 g/mol. The molecule has 1 atom stereocenters. The minimum atomic E-state index is -0.921. The molecule has 2 rings (SSSR count). The van der Waals surface area contributed by atoms with Crippen LogP contribution in [0.5, 0.6) is 0 Å². The second kappa shape index (κ2) is 5.71. The monoisotopic (exact) mass is 281 g/mol. The summed E-state index contributed by atoms with van der Waals surface area (Å²) in [7, 11) is 0. The largest absolute Gasteiger partial charge is 0.465 e. The quantitative estimate of drug-likeness (QED) is 0.853. The SMILES string of the molecule is N#Cc1ncc(NC2CCCN(C(=O)O)C2)nc1Cl. The molecule has 1 aromatic heterocycles. The number of carbonyl (C=O) groups is 1. The van der Waals surface area contributed by atoms with Crippen LogP contribution in [-0.4, -0.2) is 45.2 Å². The van der Waals surface area contributed by atoms with E-state index in [0.29, 0.717) is 18.9 Å². The van der Waals surface area contributed by atoms with Gasteiger partial charge in [-0.3, -0.25) is 0 Å². The van der Waals surface area contributed by atoms with Crippen LogP contribution in [0.2, 0.25) is 5.15 Å². The van der Waals surface area contributed by atoms with Gasteiger partial charge in [0, 0.05) is 19.1 Å². The van der Waals surface area contributed by atoms with Crippen LogP contribution in [-0.2, 0) is 0 Å². The van der Waals surface area contributed by atoms with Crippen molar-refractivity contribution in [2.45, 2.75) is 18.9 Å². The Morgan fingerprint density at radius 3 is 3.11 bits per heavy atom. The molecular weight excluding hydrogens is 270 g/mol. The molecule has 8 heteroatoms. The van der Waals surface area contributed by atoms with Gasteiger partial charge in [0.05, 0.1) is 6.20 Å². The van der Waals surface area contributed by atoms with Crippen LogP contribution in [0, 0.1) is 11.3 Å². The highest BCUT2D eigenvalue weighted by Crippen LogP contribution is 2.17. The van der Waals surface area contributed by atoms with Crippen LogP contribution in [0.15, 0.2) is 6.20 Å². The number of likely N-dealkylation sites (tertiary alicyclic amines) is 1. The summed E-state index contributed by atoms with van der Waals surface area (Å²) in [5.74, 6) is 0.446. The van der Waals surface area contributed by atoms with E-state index in [9.17, 15) is 4.79 Å². The molecule has 1 aliphatic heterocycles. The smallest absolute Gasteiger partial charge is 0.407 e. The first kappa shape index (κ1) is 13.4. The summed E-state index contributed by atoms with van der Waals surface area (Å²) in [5.41, 5.74) is 0.0722. The summed E-state index contributed by atoms with van der Waals surface area (Å²) in [6.45, 7) is 0.946. The van der Waals surface area contributed by atoms with Crippen LogP contribution >= 0.6 is 11.6 Å². The first-order valence-corrected chi connectivity index (χ1v) is 6.15. The number of rotatable bonds is 2. The molecule has 0 spiro atoms. The maximum absolute atomic E-state index is 10.9. The molecule has 7 nitrogen and oxygen atoms in total. The number of amides is 1. The molecule has 1 amide bonds. The minimum absolute atomic E-state index is 0.0249. The van der Waals surface area contributed by atoms with Crippen molar-refractivity contribution in [1.29, 1.82) is 5.26 Å². The number of nitriles is 1. The molecule has 0 bridgehead atoms. The molecule has 19 heavy (non-hydrogen) atoms. The van der Waals surface area contributed by atoms with Crippen LogP contribution in [0.3, 0.4) is 0 Å². The Morgan fingerprint density at radius 1 is 1.68 bits per heavy atom. The summed E-state index contributed by atoms with van der Waals surface area (Å²) in [6, 6.07) is 1.80. The molecule has 0 saturated carbocycles. The normalized spacial score (nSPS) is 18.7. The zero-order chi connectivity index (χ0) is 13.8. The Hall–Kier alpha value is -2.07. The number of carboxylic acid groups (broad SMARTS) is 1. The molecule has 2 heterocycles. The number of hydrogen-bond acceptors (Lipinski definition) is 5. The molecule has 1 saturated heterocycles. The standard InChI is InChI=1S/C11H12ClN5O2/c12-10-8(4-13)14-5-9(16-10)15-7-2-1-3-17(6-7)11(18)19/h5,7H,1-3,6H2,(H,15,16)(H,18,19). The highest BCUT2D eigenvalue weighted by molar-refractivity contribution is 6.30. The van der Waals surface area contributed by atoms with Crippen molar-refractivity contribution in [3.63, 3.8) is 0 Å². The van der Waals surface area contributed by atoms with E-state index in [1.165, 1.54) is 11.1 Å². The Kier molecular flexibility index (Phi) is 4.02. The molecular formula is C11H12ClN5O2. The van der Waals surface area contributed by atoms with Gasteiger partial charge in [0.15, 0.2) is 10.8 Å². The molecule has 100 valence electrons. The van der Waals surface area contributed by atoms with Crippen molar-refractivity contribution in [3.8, 4) is 6.07 Å². The summed E-state index contributed by atoms with van der Waals surface area (Å²) in [6.07, 6.45) is 2.14. The summed E-state index contributed by atoms with van der Waals surface area (Å²) < 4.78 is 0. The number of nitrogens with one attached hydrogen (secondary N) is 1. The van der Waals surface area contributed by atoms with Crippen molar-refractivity contribution in [2.24, 2.45) is 0 Å². The van der Waals surface area contributed by atoms with Crippen molar-refractivity contribution in [1.82, 2.24) is 14.9 Å². The zero-order valence-corrected chi connectivity index (χ0v) is 10.8. The Bertz CT molecular complexity index is 530. The van der Waals surface area contributed by atoms with Gasteiger partial charge < -0.3 is 15.3 Å². The number of anilines is 1. The van der Waals surface area contributed by atoms with Gasteiger partial charge in [0.1, 0.15) is 11.9 Å². The van der Waals surface area contributed by atoms with Crippen molar-refractivity contribution < 1.29 is 9.90 Å². The van der Waals surface area contributed by atoms with Gasteiger partial charge in [-0.1, -0.05) is 11.6 Å². The Morgan fingerprint density at radius 2 is 2.47 bits per heavy atom. The van der Waals surface area contributed by atoms with Gasteiger partial charge in [-0.05, 0) is 12.8 Å². The fourth-order valence-corrected chi connectivity index (χ4v) is 2.17. The van der Waals surface area contributed by atoms with Gasteiger partial charge in [0.2, 0.25) is 0 Å². The first-order valence-electron chi connectivity index (χ1n) is 5.77. The van der Waals surface area contributed by atoms with Crippen LogP contribution in [0.4, 0.5) is 10.6 Å². The van der Waals surface area contributed by atoms with E-state index >= 15 is 0 Å². The minimum Gasteiger partial charge on any atom is -0.465 e. The zero-order valence-electron chi connectivity index (χ0n) is 10.0. The number of aromatic nitrogens is 2. The molecule has 1 aromatic rings. The van der Waals surface area contributed by atoms with Crippen molar-refractivity contribution >= 4 is 23.5 Å². The first-order chi connectivity index (χ1) is 9.10. The summed E-state index contributed by atoms with van der Waals surface area (Å²) in [4.78, 5) is 20.1. The van der Waals surface area contributed by atoms with Crippen LogP contribution < -0.4 is 5.32 Å². The van der Waals surface area contributed by atoms with Gasteiger partial charge >= 0.3 is 6.09 Å². The predicted molar refractivity (Wildman–Crippen MR) is 68.0 cm³/mol. The second-order valence-corrected chi connectivity index (χ2v) is 4.58. The number of hydrogen-bond donors (Lipinski definition) is 2. The summed E-state index contributed by atoms with van der Waals surface area (Å²) in [5, 5.41) is 20.8. The Balaban J connectivity index is 2.03. The number of piperidine rings is 1. The topological polar surface area (TPSA) is 102 Å². The molecule has 0 aromatic carbocycles. The van der Waals surface area contributed by atoms with Gasteiger partial charge in [-0.15, -0.1) is 0 Å². The lowest BCUT2D eigenvalue weighted by Crippen LogP contribution is -2.44. The summed E-state index contributed by atoms with van der Waals surface area (Å²) >= 11 is 5.79. The number of nitrogens with zero attached hydrogens (tertiary/aromatic N) is 4. The predicted octanol–water partition coefficient (Wildman–Crippen LogP) is 1.56. The van der Waals surface area contributed by atoms with E-state index in [0.717, 1.165) is 12.8 Å². The fourth-order valence-electron chi connectivity index (χ4n) is 1.99. The molecule has 1 unspecified atom stereocenters. The third kappa shape index (κ3) is 3.23. The highest BCUT2D eigenvalue weighted by Gasteiger charge is 2.23.